The molecule has 2 heterocycles. The molecule has 0 radical (unpaired) electrons. The summed E-state index contributed by atoms with van der Waals surface area (Å²) in [5, 5.41) is 6.34. The first kappa shape index (κ1) is 21.0. The molecule has 3 N–H and O–H groups in total. The molecule has 162 valence electrons. The second-order valence-corrected chi connectivity index (χ2v) is 8.76. The summed E-state index contributed by atoms with van der Waals surface area (Å²) >= 11 is 0. The molecule has 0 bridgehead atoms. The van der Waals surface area contributed by atoms with E-state index in [4.69, 9.17) is 4.74 Å². The third-order valence-corrected chi connectivity index (χ3v) is 6.23. The zero-order chi connectivity index (χ0) is 21.8. The zero-order valence-corrected chi connectivity index (χ0v) is 17.1. The van der Waals surface area contributed by atoms with Crippen LogP contribution in [0.2, 0.25) is 0 Å². The lowest BCUT2D eigenvalue weighted by atomic mass is 10.1. The molecule has 1 unspecified atom stereocenters. The number of nitrogens with one attached hydrogen (secondary N) is 3. The molecule has 11 heteroatoms. The molecule has 3 aromatic rings. The number of ether oxygens (including phenoxy) is 1. The van der Waals surface area contributed by atoms with Gasteiger partial charge in [-0.2, -0.15) is 0 Å². The minimum atomic E-state index is -3.69. The molecule has 1 aromatic heterocycles. The van der Waals surface area contributed by atoms with E-state index >= 15 is 0 Å². The molecule has 1 atom stereocenters. The lowest BCUT2D eigenvalue weighted by Gasteiger charge is -2.12. The second kappa shape index (κ2) is 8.84. The van der Waals surface area contributed by atoms with Gasteiger partial charge in [-0.3, -0.25) is 14.3 Å². The van der Waals surface area contributed by atoms with E-state index < -0.39 is 21.7 Å². The highest BCUT2D eigenvalue weighted by atomic mass is 32.2. The normalized spacial score (nSPS) is 16.3. The quantitative estimate of drug-likeness (QED) is 0.503. The van der Waals surface area contributed by atoms with Crippen molar-refractivity contribution < 1.29 is 22.5 Å². The molecule has 31 heavy (non-hydrogen) atoms. The SMILES string of the molecule is O=C(Nc1cccc(-c2noc(=O)[nH]2)c1)c1ccc(S(=O)(=O)NCC2CCCO2)cc1. The first-order chi connectivity index (χ1) is 14.9. The number of aromatic nitrogens is 2. The van der Waals surface area contributed by atoms with Gasteiger partial charge >= 0.3 is 5.76 Å². The van der Waals surface area contributed by atoms with Crippen LogP contribution < -0.4 is 15.8 Å². The maximum absolute atomic E-state index is 12.5. The molecule has 1 aliphatic heterocycles. The van der Waals surface area contributed by atoms with Crippen LogP contribution in [0.15, 0.2) is 62.7 Å². The van der Waals surface area contributed by atoms with Crippen LogP contribution in [-0.4, -0.2) is 43.7 Å². The monoisotopic (exact) mass is 444 g/mol. The van der Waals surface area contributed by atoms with E-state index in [9.17, 15) is 18.0 Å². The van der Waals surface area contributed by atoms with E-state index in [1.54, 1.807) is 24.3 Å². The number of rotatable bonds is 7. The Morgan fingerprint density at radius 3 is 2.68 bits per heavy atom. The molecule has 4 rings (SSSR count). The Labute approximate surface area is 177 Å². The summed E-state index contributed by atoms with van der Waals surface area (Å²) in [6, 6.07) is 12.3. The number of nitrogens with zero attached hydrogens (tertiary/aromatic N) is 1. The van der Waals surface area contributed by atoms with Gasteiger partial charge in [0.25, 0.3) is 5.91 Å². The van der Waals surface area contributed by atoms with Crippen LogP contribution in [0.5, 0.6) is 0 Å². The highest BCUT2D eigenvalue weighted by Gasteiger charge is 2.20. The number of aromatic amines is 1. The Morgan fingerprint density at radius 2 is 2.00 bits per heavy atom. The van der Waals surface area contributed by atoms with Crippen molar-refractivity contribution in [3.63, 3.8) is 0 Å². The van der Waals surface area contributed by atoms with E-state index in [1.165, 1.54) is 24.3 Å². The van der Waals surface area contributed by atoms with Gasteiger partial charge in [-0.25, -0.2) is 17.9 Å². The number of amides is 1. The molecule has 0 saturated carbocycles. The average molecular weight is 444 g/mol. The van der Waals surface area contributed by atoms with Gasteiger partial charge in [0.1, 0.15) is 0 Å². The smallest absolute Gasteiger partial charge is 0.377 e. The molecule has 2 aromatic carbocycles. The standard InChI is InChI=1S/C20H20N4O6S/c25-19(22-15-4-1-3-14(11-15)18-23-20(26)30-24-18)13-6-8-17(9-7-13)31(27,28)21-12-16-5-2-10-29-16/h1,3-4,6-9,11,16,21H,2,5,10,12H2,(H,22,25)(H,23,24,26). The highest BCUT2D eigenvalue weighted by molar-refractivity contribution is 7.89. The molecule has 10 nitrogen and oxygen atoms in total. The summed E-state index contributed by atoms with van der Waals surface area (Å²) in [5.74, 6) is -0.849. The van der Waals surface area contributed by atoms with Crippen molar-refractivity contribution >= 4 is 21.6 Å². The predicted octanol–water partition coefficient (Wildman–Crippen LogP) is 1.74. The number of carbonyl (C=O) groups is 1. The second-order valence-electron chi connectivity index (χ2n) is 6.99. The van der Waals surface area contributed by atoms with Crippen molar-refractivity contribution in [1.82, 2.24) is 14.9 Å². The fourth-order valence-corrected chi connectivity index (χ4v) is 4.24. The van der Waals surface area contributed by atoms with Crippen molar-refractivity contribution in [2.24, 2.45) is 0 Å². The van der Waals surface area contributed by atoms with E-state index in [1.807, 2.05) is 0 Å². The van der Waals surface area contributed by atoms with Crippen LogP contribution >= 0.6 is 0 Å². The zero-order valence-electron chi connectivity index (χ0n) is 16.3. The summed E-state index contributed by atoms with van der Waals surface area (Å²) in [6.45, 7) is 0.868. The Hall–Kier alpha value is -3.28. The number of H-pyrrole nitrogens is 1. The van der Waals surface area contributed by atoms with Crippen LogP contribution in [-0.2, 0) is 14.8 Å². The summed E-state index contributed by atoms with van der Waals surface area (Å²) in [6.07, 6.45) is 1.65. The first-order valence-electron chi connectivity index (χ1n) is 9.60. The van der Waals surface area contributed by atoms with E-state index in [0.29, 0.717) is 23.4 Å². The van der Waals surface area contributed by atoms with Gasteiger partial charge < -0.3 is 10.1 Å². The summed E-state index contributed by atoms with van der Waals surface area (Å²) in [5.41, 5.74) is 1.32. The van der Waals surface area contributed by atoms with Crippen molar-refractivity contribution in [3.8, 4) is 11.4 Å². The van der Waals surface area contributed by atoms with Crippen molar-refractivity contribution in [1.29, 1.82) is 0 Å². The maximum atomic E-state index is 12.5. The first-order valence-corrected chi connectivity index (χ1v) is 11.1. The van der Waals surface area contributed by atoms with Gasteiger partial charge in [0.15, 0.2) is 5.82 Å². The molecular formula is C20H20N4O6S. The number of carbonyl (C=O) groups excluding carboxylic acids is 1. The topological polar surface area (TPSA) is 143 Å². The summed E-state index contributed by atoms with van der Waals surface area (Å²) < 4.78 is 37.3. The average Bonchev–Trinajstić information content (AvgIpc) is 3.44. The number of anilines is 1. The molecule has 1 saturated heterocycles. The summed E-state index contributed by atoms with van der Waals surface area (Å²) in [4.78, 5) is 26.2. The van der Waals surface area contributed by atoms with E-state index in [-0.39, 0.29) is 23.4 Å². The largest absolute Gasteiger partial charge is 0.439 e. The fraction of sp³-hybridized carbons (Fsp3) is 0.250. The van der Waals surface area contributed by atoms with Gasteiger partial charge in [-0.1, -0.05) is 17.3 Å². The Morgan fingerprint density at radius 1 is 1.19 bits per heavy atom. The van der Waals surface area contributed by atoms with Gasteiger partial charge in [0, 0.05) is 30.0 Å². The fourth-order valence-electron chi connectivity index (χ4n) is 3.18. The van der Waals surface area contributed by atoms with Crippen molar-refractivity contribution in [2.45, 2.75) is 23.8 Å². The van der Waals surface area contributed by atoms with E-state index in [2.05, 4.69) is 24.7 Å². The molecule has 0 spiro atoms. The molecule has 1 fully saturated rings. The maximum Gasteiger partial charge on any atom is 0.439 e. The van der Waals surface area contributed by atoms with Crippen LogP contribution in [0, 0.1) is 0 Å². The van der Waals surface area contributed by atoms with E-state index in [0.717, 1.165) is 12.8 Å². The number of hydrogen-bond donors (Lipinski definition) is 3. The molecule has 1 aliphatic rings. The van der Waals surface area contributed by atoms with Crippen LogP contribution in [0.1, 0.15) is 23.2 Å². The van der Waals surface area contributed by atoms with Gasteiger partial charge in [0.2, 0.25) is 10.0 Å². The molecule has 1 amide bonds. The minimum Gasteiger partial charge on any atom is -0.377 e. The van der Waals surface area contributed by atoms with Gasteiger partial charge in [0.05, 0.1) is 11.0 Å². The Balaban J connectivity index is 1.42. The highest BCUT2D eigenvalue weighted by Crippen LogP contribution is 2.20. The lowest BCUT2D eigenvalue weighted by molar-refractivity contribution is 0.102. The summed E-state index contributed by atoms with van der Waals surface area (Å²) in [7, 11) is -3.69. The van der Waals surface area contributed by atoms with Crippen LogP contribution in [0.25, 0.3) is 11.4 Å². The molecule has 0 aliphatic carbocycles. The van der Waals surface area contributed by atoms with Gasteiger partial charge in [-0.15, -0.1) is 0 Å². The Kier molecular flexibility index (Phi) is 5.98. The van der Waals surface area contributed by atoms with Crippen molar-refractivity contribution in [3.05, 3.63) is 64.6 Å². The third kappa shape index (κ3) is 5.08. The number of benzene rings is 2. The Bertz CT molecular complexity index is 1230. The number of hydrogen-bond acceptors (Lipinski definition) is 7. The van der Waals surface area contributed by atoms with Crippen LogP contribution in [0.4, 0.5) is 5.69 Å². The van der Waals surface area contributed by atoms with Gasteiger partial charge in [-0.05, 0) is 49.2 Å². The minimum absolute atomic E-state index is 0.0685. The van der Waals surface area contributed by atoms with Crippen LogP contribution in [0.3, 0.4) is 0 Å². The van der Waals surface area contributed by atoms with Crippen molar-refractivity contribution in [2.75, 3.05) is 18.5 Å². The third-order valence-electron chi connectivity index (χ3n) is 4.79. The lowest BCUT2D eigenvalue weighted by Crippen LogP contribution is -2.31. The predicted molar refractivity (Wildman–Crippen MR) is 111 cm³/mol. The number of sulfonamides is 1. The molecular weight excluding hydrogens is 424 g/mol.